The molecule has 0 aliphatic heterocycles. The highest BCUT2D eigenvalue weighted by Crippen LogP contribution is 2.44. The zero-order chi connectivity index (χ0) is 43.0. The van der Waals surface area contributed by atoms with Gasteiger partial charge in [0.05, 0.1) is 0 Å². The van der Waals surface area contributed by atoms with Gasteiger partial charge in [0.2, 0.25) is 17.7 Å². The van der Waals surface area contributed by atoms with E-state index in [1.807, 2.05) is 105 Å². The largest absolute Gasteiger partial charge is 0.458 e. The molecule has 1 aromatic heterocycles. The number of aromatic amines is 1. The highest BCUT2D eigenvalue weighted by atomic mass is 16.6. The van der Waals surface area contributed by atoms with Crippen molar-refractivity contribution in [3.05, 3.63) is 132 Å². The van der Waals surface area contributed by atoms with Gasteiger partial charge in [0.1, 0.15) is 36.4 Å². The lowest BCUT2D eigenvalue weighted by molar-refractivity contribution is -0.159. The Kier molecular flexibility index (Phi) is 13.7. The van der Waals surface area contributed by atoms with Crippen LogP contribution in [0.15, 0.2) is 109 Å². The second kappa shape index (κ2) is 19.1. The molecular weight excluding hydrogens is 759 g/mol. The molecule has 5 N–H and O–H groups in total. The van der Waals surface area contributed by atoms with Crippen molar-refractivity contribution in [3.8, 4) is 11.1 Å². The fourth-order valence-corrected chi connectivity index (χ4v) is 7.58. The third-order valence-corrected chi connectivity index (χ3v) is 10.4. The zero-order valence-corrected chi connectivity index (χ0v) is 35.0. The van der Waals surface area contributed by atoms with E-state index in [1.165, 1.54) is 6.92 Å². The fraction of sp³-hybridized carbons (Fsp3) is 0.354. The number of ether oxygens (including phenoxy) is 2. The minimum Gasteiger partial charge on any atom is -0.458 e. The minimum atomic E-state index is -1.16. The summed E-state index contributed by atoms with van der Waals surface area (Å²) in [7, 11) is 0. The van der Waals surface area contributed by atoms with Crippen LogP contribution in [0.5, 0.6) is 0 Å². The van der Waals surface area contributed by atoms with Crippen LogP contribution in [0.1, 0.15) is 76.1 Å². The van der Waals surface area contributed by atoms with E-state index in [2.05, 4.69) is 38.4 Å². The molecule has 0 radical (unpaired) electrons. The number of nitrogens with one attached hydrogen (secondary N) is 5. The number of carbonyl (C=O) groups excluding carboxylic acids is 5. The van der Waals surface area contributed by atoms with E-state index in [9.17, 15) is 24.0 Å². The van der Waals surface area contributed by atoms with Crippen molar-refractivity contribution in [3.63, 3.8) is 0 Å². The van der Waals surface area contributed by atoms with Crippen molar-refractivity contribution in [1.82, 2.24) is 26.3 Å². The normalized spacial score (nSPS) is 14.2. The highest BCUT2D eigenvalue weighted by molar-refractivity contribution is 5.95. The summed E-state index contributed by atoms with van der Waals surface area (Å²) >= 11 is 0. The number of rotatable bonds is 16. The lowest BCUT2D eigenvalue weighted by atomic mass is 9.98. The van der Waals surface area contributed by atoms with Crippen LogP contribution in [0.2, 0.25) is 0 Å². The molecule has 0 unspecified atom stereocenters. The smallest absolute Gasteiger partial charge is 0.407 e. The van der Waals surface area contributed by atoms with Gasteiger partial charge in [-0.25, -0.2) is 9.59 Å². The maximum atomic E-state index is 14.4. The molecule has 12 heteroatoms. The van der Waals surface area contributed by atoms with Gasteiger partial charge < -0.3 is 35.7 Å². The summed E-state index contributed by atoms with van der Waals surface area (Å²) in [6.07, 6.45) is 1.52. The first-order valence-corrected chi connectivity index (χ1v) is 20.5. The van der Waals surface area contributed by atoms with E-state index < -0.39 is 59.6 Å². The lowest BCUT2D eigenvalue weighted by Gasteiger charge is -2.27. The Bertz CT molecular complexity index is 2270. The second-order valence-corrected chi connectivity index (χ2v) is 16.8. The van der Waals surface area contributed by atoms with Crippen molar-refractivity contribution >= 4 is 40.7 Å². The number of carbonyl (C=O) groups is 5. The van der Waals surface area contributed by atoms with Gasteiger partial charge in [-0.3, -0.25) is 14.4 Å². The van der Waals surface area contributed by atoms with Crippen molar-refractivity contribution in [2.24, 2.45) is 5.92 Å². The van der Waals surface area contributed by atoms with Crippen LogP contribution < -0.4 is 21.3 Å². The Labute approximate surface area is 351 Å². The van der Waals surface area contributed by atoms with Gasteiger partial charge >= 0.3 is 12.1 Å². The number of esters is 1. The zero-order valence-electron chi connectivity index (χ0n) is 35.0. The van der Waals surface area contributed by atoms with Gasteiger partial charge in [0.15, 0.2) is 0 Å². The van der Waals surface area contributed by atoms with E-state index in [4.69, 9.17) is 9.47 Å². The third-order valence-electron chi connectivity index (χ3n) is 10.4. The molecule has 314 valence electrons. The van der Waals surface area contributed by atoms with Crippen LogP contribution in [0.25, 0.3) is 22.0 Å². The maximum Gasteiger partial charge on any atom is 0.407 e. The van der Waals surface area contributed by atoms with Crippen molar-refractivity contribution < 1.29 is 33.4 Å². The average molecular weight is 814 g/mol. The number of fused-ring (bicyclic) bond motifs is 4. The summed E-state index contributed by atoms with van der Waals surface area (Å²) in [5.74, 6) is -2.52. The van der Waals surface area contributed by atoms with Crippen molar-refractivity contribution in [2.75, 3.05) is 6.61 Å². The van der Waals surface area contributed by atoms with Crippen LogP contribution >= 0.6 is 0 Å². The standard InChI is InChI=1S/C48H55N5O7/c1-29(2)24-42(46(57)60-48(4,5)6)52-43(54)30(3)50-44(55)40(25-31-16-8-7-9-17-31)51-45(56)41(26-32-27-49-39-23-15-14-18-33(32)39)53-47(58)59-28-38-36-21-12-10-19-34(36)35-20-11-13-22-37(35)38/h7-23,27,29-30,38,40-42,49H,24-26,28H2,1-6H3,(H,50,55)(H,51,56)(H,52,54)(H,53,58)/t30-,40-,41-,42-/m0/s1. The molecule has 4 atom stereocenters. The van der Waals surface area contributed by atoms with Gasteiger partial charge in [0, 0.05) is 35.9 Å². The Balaban J connectivity index is 1.19. The summed E-state index contributed by atoms with van der Waals surface area (Å²) in [5, 5.41) is 12.0. The first-order valence-electron chi connectivity index (χ1n) is 20.5. The Hall–Kier alpha value is -6.43. The van der Waals surface area contributed by atoms with Crippen LogP contribution in [0, 0.1) is 5.92 Å². The quantitative estimate of drug-likeness (QED) is 0.0690. The second-order valence-electron chi connectivity index (χ2n) is 16.8. The molecule has 60 heavy (non-hydrogen) atoms. The molecule has 4 aromatic carbocycles. The molecule has 5 aromatic rings. The Morgan fingerprint density at radius 2 is 1.22 bits per heavy atom. The van der Waals surface area contributed by atoms with Gasteiger partial charge in [-0.15, -0.1) is 0 Å². The molecule has 0 fully saturated rings. The van der Waals surface area contributed by atoms with Crippen molar-refractivity contribution in [1.29, 1.82) is 0 Å². The predicted molar refractivity (Wildman–Crippen MR) is 231 cm³/mol. The average Bonchev–Trinajstić information content (AvgIpc) is 3.77. The molecular formula is C48H55N5O7. The molecule has 1 aliphatic rings. The van der Waals surface area contributed by atoms with Gasteiger partial charge in [-0.1, -0.05) is 111 Å². The van der Waals surface area contributed by atoms with Crippen LogP contribution in [0.3, 0.4) is 0 Å². The number of alkyl carbamates (subject to hydrolysis) is 1. The number of amides is 4. The molecule has 1 heterocycles. The maximum absolute atomic E-state index is 14.4. The number of benzene rings is 4. The van der Waals surface area contributed by atoms with Gasteiger partial charge in [-0.2, -0.15) is 0 Å². The molecule has 6 rings (SSSR count). The third kappa shape index (κ3) is 11.0. The number of hydrogen-bond acceptors (Lipinski definition) is 7. The van der Waals surface area contributed by atoms with Crippen LogP contribution in [0.4, 0.5) is 4.79 Å². The molecule has 0 saturated heterocycles. The van der Waals surface area contributed by atoms with Crippen molar-refractivity contribution in [2.45, 2.75) is 96.5 Å². The van der Waals surface area contributed by atoms with Crippen LogP contribution in [-0.2, 0) is 41.5 Å². The van der Waals surface area contributed by atoms with E-state index in [0.717, 1.165) is 44.3 Å². The SMILES string of the molecule is CC(C)C[C@H](NC(=O)[C@H](C)NC(=O)[C@H](Cc1ccccc1)NC(=O)[C@H](Cc1c[nH]c2ccccc12)NC(=O)OCC1c2ccccc2-c2ccccc21)C(=O)OC(C)(C)C. The molecule has 4 amide bonds. The minimum absolute atomic E-state index is 0.0478. The first kappa shape index (κ1) is 43.2. The summed E-state index contributed by atoms with van der Waals surface area (Å²) < 4.78 is 11.4. The van der Waals surface area contributed by atoms with Crippen LogP contribution in [-0.4, -0.2) is 71.1 Å². The number of aromatic nitrogens is 1. The van der Waals surface area contributed by atoms with Gasteiger partial charge in [0.25, 0.3) is 0 Å². The van der Waals surface area contributed by atoms with E-state index in [-0.39, 0.29) is 31.3 Å². The van der Waals surface area contributed by atoms with E-state index in [1.54, 1.807) is 27.0 Å². The number of hydrogen-bond donors (Lipinski definition) is 5. The molecule has 0 bridgehead atoms. The summed E-state index contributed by atoms with van der Waals surface area (Å²) in [4.78, 5) is 71.8. The Morgan fingerprint density at radius 3 is 1.87 bits per heavy atom. The first-order chi connectivity index (χ1) is 28.7. The number of para-hydroxylation sites is 1. The predicted octanol–water partition coefficient (Wildman–Crippen LogP) is 6.72. The fourth-order valence-electron chi connectivity index (χ4n) is 7.58. The molecule has 0 spiro atoms. The summed E-state index contributed by atoms with van der Waals surface area (Å²) in [6.45, 7) is 10.7. The van der Waals surface area contributed by atoms with Gasteiger partial charge in [-0.05, 0) is 79.5 Å². The Morgan fingerprint density at radius 1 is 0.650 bits per heavy atom. The van der Waals surface area contributed by atoms with E-state index >= 15 is 0 Å². The molecule has 1 aliphatic carbocycles. The summed E-state index contributed by atoms with van der Waals surface area (Å²) in [5.41, 5.74) is 5.93. The van der Waals surface area contributed by atoms with E-state index in [0.29, 0.717) is 6.42 Å². The lowest BCUT2D eigenvalue weighted by Crippen LogP contribution is -2.58. The molecule has 0 saturated carbocycles. The molecule has 12 nitrogen and oxygen atoms in total. The highest BCUT2D eigenvalue weighted by Gasteiger charge is 2.34. The topological polar surface area (TPSA) is 168 Å². The summed E-state index contributed by atoms with van der Waals surface area (Å²) in [6, 6.07) is 28.5. The monoisotopic (exact) mass is 813 g/mol. The number of H-pyrrole nitrogens is 1.